The van der Waals surface area contributed by atoms with Gasteiger partial charge >= 0.3 is 5.97 Å². The number of unbranched alkanes of at least 4 members (excludes halogenated alkanes) is 8. The first-order valence-corrected chi connectivity index (χ1v) is 8.14. The summed E-state index contributed by atoms with van der Waals surface area (Å²) in [5.74, 6) is -0.692. The van der Waals surface area contributed by atoms with Gasteiger partial charge in [0.1, 0.15) is 0 Å². The van der Waals surface area contributed by atoms with Crippen molar-refractivity contribution in [1.29, 1.82) is 0 Å². The zero-order valence-electron chi connectivity index (χ0n) is 13.0. The monoisotopic (exact) mass is 271 g/mol. The lowest BCUT2D eigenvalue weighted by atomic mass is 10.1. The second-order valence-corrected chi connectivity index (χ2v) is 5.50. The molecule has 1 N–H and O–H groups in total. The zero-order valence-corrected chi connectivity index (χ0v) is 13.0. The third kappa shape index (κ3) is 13.7. The standard InChI is InChI=1S/C16H33NO2/c1-3-5-7-9-11-13-17(15-16(18)19)14-12-10-8-6-4-2/h3-15H2,1-2H3,(H,18,19). The Morgan fingerprint density at radius 2 is 1.21 bits per heavy atom. The molecule has 0 aliphatic rings. The SMILES string of the molecule is CCCCCCCN(CCCCCCC)CC(=O)O. The molecule has 0 aliphatic carbocycles. The maximum atomic E-state index is 10.8. The third-order valence-corrected chi connectivity index (χ3v) is 3.51. The lowest BCUT2D eigenvalue weighted by Crippen LogP contribution is -2.31. The molecule has 0 aromatic heterocycles. The molecule has 0 saturated carbocycles. The second-order valence-electron chi connectivity index (χ2n) is 5.50. The summed E-state index contributed by atoms with van der Waals surface area (Å²) in [6.45, 7) is 6.54. The fourth-order valence-corrected chi connectivity index (χ4v) is 2.34. The summed E-state index contributed by atoms with van der Waals surface area (Å²) in [4.78, 5) is 12.9. The molecular formula is C16H33NO2. The summed E-state index contributed by atoms with van der Waals surface area (Å²) in [5.41, 5.74) is 0. The maximum absolute atomic E-state index is 10.8. The first-order valence-electron chi connectivity index (χ1n) is 8.14. The number of aliphatic carboxylic acids is 1. The summed E-state index contributed by atoms with van der Waals surface area (Å²) >= 11 is 0. The van der Waals surface area contributed by atoms with Crippen LogP contribution in [0.5, 0.6) is 0 Å². The van der Waals surface area contributed by atoms with Gasteiger partial charge in [0.25, 0.3) is 0 Å². The normalized spacial score (nSPS) is 11.1. The van der Waals surface area contributed by atoms with E-state index in [1.807, 2.05) is 0 Å². The van der Waals surface area contributed by atoms with Gasteiger partial charge in [-0.3, -0.25) is 9.69 Å². The molecule has 0 unspecified atom stereocenters. The number of carboxylic acid groups (broad SMARTS) is 1. The molecule has 0 heterocycles. The third-order valence-electron chi connectivity index (χ3n) is 3.51. The topological polar surface area (TPSA) is 40.5 Å². The Kier molecular flexibility index (Phi) is 13.4. The number of carboxylic acids is 1. The zero-order chi connectivity index (χ0) is 14.3. The molecule has 0 bridgehead atoms. The quantitative estimate of drug-likeness (QED) is 0.478. The minimum absolute atomic E-state index is 0.210. The van der Waals surface area contributed by atoms with E-state index in [2.05, 4.69) is 18.7 Å². The molecule has 0 fully saturated rings. The molecule has 0 radical (unpaired) electrons. The van der Waals surface area contributed by atoms with Crippen molar-refractivity contribution in [3.63, 3.8) is 0 Å². The first kappa shape index (κ1) is 18.4. The Balaban J connectivity index is 3.66. The van der Waals surface area contributed by atoms with Crippen LogP contribution >= 0.6 is 0 Å². The van der Waals surface area contributed by atoms with Crippen LogP contribution in [0.25, 0.3) is 0 Å². The van der Waals surface area contributed by atoms with E-state index in [0.717, 1.165) is 25.9 Å². The van der Waals surface area contributed by atoms with Crippen molar-refractivity contribution < 1.29 is 9.90 Å². The fourth-order valence-electron chi connectivity index (χ4n) is 2.34. The van der Waals surface area contributed by atoms with Crippen molar-refractivity contribution in [3.05, 3.63) is 0 Å². The van der Waals surface area contributed by atoms with Crippen molar-refractivity contribution >= 4 is 5.97 Å². The lowest BCUT2D eigenvalue weighted by molar-refractivity contribution is -0.138. The molecule has 0 aromatic rings. The number of hydrogen-bond acceptors (Lipinski definition) is 2. The summed E-state index contributed by atoms with van der Waals surface area (Å²) in [6, 6.07) is 0. The van der Waals surface area contributed by atoms with Crippen LogP contribution in [0.15, 0.2) is 0 Å². The van der Waals surface area contributed by atoms with Gasteiger partial charge in [-0.2, -0.15) is 0 Å². The molecule has 0 aliphatic heterocycles. The number of carbonyl (C=O) groups is 1. The first-order chi connectivity index (χ1) is 9.20. The lowest BCUT2D eigenvalue weighted by Gasteiger charge is -2.20. The molecule has 114 valence electrons. The second kappa shape index (κ2) is 13.9. The summed E-state index contributed by atoms with van der Waals surface area (Å²) in [5, 5.41) is 8.92. The van der Waals surface area contributed by atoms with Crippen molar-refractivity contribution in [2.24, 2.45) is 0 Å². The van der Waals surface area contributed by atoms with Gasteiger partial charge < -0.3 is 5.11 Å². The van der Waals surface area contributed by atoms with E-state index in [9.17, 15) is 4.79 Å². The van der Waals surface area contributed by atoms with Gasteiger partial charge in [0, 0.05) is 0 Å². The Hall–Kier alpha value is -0.570. The van der Waals surface area contributed by atoms with Crippen LogP contribution in [0.1, 0.15) is 78.1 Å². The van der Waals surface area contributed by atoms with Crippen LogP contribution in [0, 0.1) is 0 Å². The predicted octanol–water partition coefficient (Wildman–Crippen LogP) is 4.31. The average molecular weight is 271 g/mol. The van der Waals surface area contributed by atoms with Crippen molar-refractivity contribution in [2.75, 3.05) is 19.6 Å². The van der Waals surface area contributed by atoms with Gasteiger partial charge in [0.2, 0.25) is 0 Å². The van der Waals surface area contributed by atoms with Crippen molar-refractivity contribution in [3.8, 4) is 0 Å². The number of rotatable bonds is 14. The fraction of sp³-hybridized carbons (Fsp3) is 0.938. The smallest absolute Gasteiger partial charge is 0.317 e. The summed E-state index contributed by atoms with van der Waals surface area (Å²) in [7, 11) is 0. The largest absolute Gasteiger partial charge is 0.480 e. The van der Waals surface area contributed by atoms with Gasteiger partial charge in [-0.15, -0.1) is 0 Å². The van der Waals surface area contributed by atoms with Crippen LogP contribution in [0.2, 0.25) is 0 Å². The highest BCUT2D eigenvalue weighted by Gasteiger charge is 2.08. The van der Waals surface area contributed by atoms with Crippen molar-refractivity contribution in [1.82, 2.24) is 4.90 Å². The Morgan fingerprint density at radius 1 is 0.789 bits per heavy atom. The summed E-state index contributed by atoms with van der Waals surface area (Å²) in [6.07, 6.45) is 12.4. The van der Waals surface area contributed by atoms with E-state index >= 15 is 0 Å². The summed E-state index contributed by atoms with van der Waals surface area (Å²) < 4.78 is 0. The Bertz CT molecular complexity index is 193. The molecule has 3 nitrogen and oxygen atoms in total. The van der Waals surface area contributed by atoms with Crippen LogP contribution in [0.3, 0.4) is 0 Å². The molecule has 0 spiro atoms. The predicted molar refractivity (Wildman–Crippen MR) is 81.6 cm³/mol. The average Bonchev–Trinajstić information content (AvgIpc) is 2.37. The van der Waals surface area contributed by atoms with Crippen LogP contribution in [0.4, 0.5) is 0 Å². The molecule has 0 amide bonds. The van der Waals surface area contributed by atoms with Gasteiger partial charge in [0.05, 0.1) is 6.54 Å². The molecular weight excluding hydrogens is 238 g/mol. The minimum Gasteiger partial charge on any atom is -0.480 e. The van der Waals surface area contributed by atoms with Crippen LogP contribution in [-0.4, -0.2) is 35.6 Å². The molecule has 0 saturated heterocycles. The molecule has 0 aromatic carbocycles. The molecule has 19 heavy (non-hydrogen) atoms. The highest BCUT2D eigenvalue weighted by molar-refractivity contribution is 5.69. The number of hydrogen-bond donors (Lipinski definition) is 1. The van der Waals surface area contributed by atoms with E-state index in [4.69, 9.17) is 5.11 Å². The van der Waals surface area contributed by atoms with Crippen molar-refractivity contribution in [2.45, 2.75) is 78.1 Å². The molecule has 0 atom stereocenters. The minimum atomic E-state index is -0.692. The Morgan fingerprint density at radius 3 is 1.58 bits per heavy atom. The van der Waals surface area contributed by atoms with E-state index < -0.39 is 5.97 Å². The van der Waals surface area contributed by atoms with E-state index in [-0.39, 0.29) is 6.54 Å². The van der Waals surface area contributed by atoms with E-state index in [0.29, 0.717) is 0 Å². The van der Waals surface area contributed by atoms with Crippen LogP contribution in [-0.2, 0) is 4.79 Å². The van der Waals surface area contributed by atoms with Crippen LogP contribution < -0.4 is 0 Å². The number of nitrogens with zero attached hydrogens (tertiary/aromatic N) is 1. The van der Waals surface area contributed by atoms with Gasteiger partial charge in [-0.05, 0) is 25.9 Å². The highest BCUT2D eigenvalue weighted by atomic mass is 16.4. The van der Waals surface area contributed by atoms with E-state index in [1.54, 1.807) is 0 Å². The molecule has 0 rings (SSSR count). The maximum Gasteiger partial charge on any atom is 0.317 e. The molecule has 3 heteroatoms. The van der Waals surface area contributed by atoms with Gasteiger partial charge in [0.15, 0.2) is 0 Å². The Labute approximate surface area is 119 Å². The van der Waals surface area contributed by atoms with Gasteiger partial charge in [-0.25, -0.2) is 0 Å². The van der Waals surface area contributed by atoms with E-state index in [1.165, 1.54) is 51.4 Å². The van der Waals surface area contributed by atoms with Gasteiger partial charge in [-0.1, -0.05) is 65.2 Å². The highest BCUT2D eigenvalue weighted by Crippen LogP contribution is 2.07.